The lowest BCUT2D eigenvalue weighted by atomic mass is 10.1. The molecule has 0 aliphatic heterocycles. The lowest BCUT2D eigenvalue weighted by Crippen LogP contribution is -2.52. The van der Waals surface area contributed by atoms with E-state index in [1.807, 2.05) is 38.1 Å². The molecule has 1 aliphatic carbocycles. The van der Waals surface area contributed by atoms with Gasteiger partial charge in [0.2, 0.25) is 11.8 Å². The maximum atomic E-state index is 14.2. The number of rotatable bonds is 12. The molecule has 9 nitrogen and oxygen atoms in total. The fraction of sp³-hybridized carbons (Fsp3) is 0.394. The van der Waals surface area contributed by atoms with Crippen LogP contribution >= 0.6 is 0 Å². The van der Waals surface area contributed by atoms with Crippen LogP contribution in [0.1, 0.15) is 49.3 Å². The molecule has 1 saturated carbocycles. The normalized spacial score (nSPS) is 14.2. The fourth-order valence-corrected chi connectivity index (χ4v) is 6.76. The lowest BCUT2D eigenvalue weighted by molar-refractivity contribution is -0.139. The van der Waals surface area contributed by atoms with Crippen LogP contribution in [0.3, 0.4) is 0 Å². The third-order valence-electron chi connectivity index (χ3n) is 7.85. The Morgan fingerprint density at radius 1 is 0.907 bits per heavy atom. The van der Waals surface area contributed by atoms with Crippen molar-refractivity contribution in [1.29, 1.82) is 0 Å². The first-order valence-electron chi connectivity index (χ1n) is 14.5. The molecule has 3 aromatic rings. The number of carbonyl (C=O) groups is 2. The summed E-state index contributed by atoms with van der Waals surface area (Å²) in [6, 6.07) is 18.2. The zero-order valence-corrected chi connectivity index (χ0v) is 26.3. The van der Waals surface area contributed by atoms with Crippen LogP contribution in [0.2, 0.25) is 0 Å². The highest BCUT2D eigenvalue weighted by Gasteiger charge is 2.33. The summed E-state index contributed by atoms with van der Waals surface area (Å²) in [5, 5.41) is 3.09. The second kappa shape index (κ2) is 13.9. The predicted octanol–water partition coefficient (Wildman–Crippen LogP) is 4.99. The van der Waals surface area contributed by atoms with Crippen LogP contribution in [0.25, 0.3) is 0 Å². The summed E-state index contributed by atoms with van der Waals surface area (Å²) < 4.78 is 40.0. The molecule has 0 spiro atoms. The Bertz CT molecular complexity index is 1530. The lowest BCUT2D eigenvalue weighted by Gasteiger charge is -2.32. The number of hydrogen-bond acceptors (Lipinski definition) is 6. The molecule has 0 unspecified atom stereocenters. The summed E-state index contributed by atoms with van der Waals surface area (Å²) in [4.78, 5) is 28.9. The Hall–Kier alpha value is -4.05. The number of carbonyl (C=O) groups excluding carboxylic acids is 2. The van der Waals surface area contributed by atoms with Crippen molar-refractivity contribution >= 4 is 27.5 Å². The number of sulfonamides is 1. The van der Waals surface area contributed by atoms with Gasteiger partial charge in [-0.25, -0.2) is 8.42 Å². The van der Waals surface area contributed by atoms with E-state index < -0.39 is 28.5 Å². The van der Waals surface area contributed by atoms with Crippen molar-refractivity contribution in [2.24, 2.45) is 0 Å². The average Bonchev–Trinajstić information content (AvgIpc) is 3.51. The predicted molar refractivity (Wildman–Crippen MR) is 167 cm³/mol. The molecular formula is C33H41N3O6S. The third kappa shape index (κ3) is 7.67. The van der Waals surface area contributed by atoms with Crippen molar-refractivity contribution in [3.63, 3.8) is 0 Å². The monoisotopic (exact) mass is 607 g/mol. The first-order chi connectivity index (χ1) is 20.5. The van der Waals surface area contributed by atoms with Crippen LogP contribution in [-0.2, 0) is 26.2 Å². The van der Waals surface area contributed by atoms with Crippen molar-refractivity contribution in [3.8, 4) is 11.5 Å². The molecule has 230 valence electrons. The zero-order chi connectivity index (χ0) is 31.1. The minimum absolute atomic E-state index is 0.0595. The van der Waals surface area contributed by atoms with Crippen molar-refractivity contribution in [2.75, 3.05) is 25.1 Å². The van der Waals surface area contributed by atoms with Gasteiger partial charge in [0.15, 0.2) is 11.5 Å². The van der Waals surface area contributed by atoms with E-state index in [1.165, 1.54) is 37.3 Å². The van der Waals surface area contributed by atoms with E-state index in [4.69, 9.17) is 9.47 Å². The summed E-state index contributed by atoms with van der Waals surface area (Å²) in [7, 11) is -1.35. The molecule has 3 aromatic carbocycles. The molecule has 1 aliphatic rings. The molecule has 10 heteroatoms. The van der Waals surface area contributed by atoms with Gasteiger partial charge in [-0.1, -0.05) is 60.4 Å². The fourth-order valence-electron chi connectivity index (χ4n) is 5.33. The van der Waals surface area contributed by atoms with Gasteiger partial charge in [0.05, 0.1) is 24.8 Å². The Kier molecular flexibility index (Phi) is 10.3. The van der Waals surface area contributed by atoms with Gasteiger partial charge in [-0.3, -0.25) is 13.9 Å². The van der Waals surface area contributed by atoms with Crippen LogP contribution < -0.4 is 19.1 Å². The first kappa shape index (κ1) is 31.9. The van der Waals surface area contributed by atoms with E-state index in [1.54, 1.807) is 31.2 Å². The molecule has 4 rings (SSSR count). The molecule has 0 bridgehead atoms. The number of amides is 2. The van der Waals surface area contributed by atoms with E-state index in [0.29, 0.717) is 11.4 Å². The molecule has 1 N–H and O–H groups in total. The highest BCUT2D eigenvalue weighted by Crippen LogP contribution is 2.32. The van der Waals surface area contributed by atoms with Crippen molar-refractivity contribution < 1.29 is 27.5 Å². The summed E-state index contributed by atoms with van der Waals surface area (Å²) in [6.45, 7) is 5.19. The summed E-state index contributed by atoms with van der Waals surface area (Å²) in [5.41, 5.74) is 3.13. The van der Waals surface area contributed by atoms with Crippen LogP contribution in [0.5, 0.6) is 11.5 Å². The molecule has 0 aromatic heterocycles. The maximum absolute atomic E-state index is 14.2. The Balaban J connectivity index is 1.71. The van der Waals surface area contributed by atoms with Crippen LogP contribution in [-0.4, -0.2) is 58.0 Å². The van der Waals surface area contributed by atoms with Gasteiger partial charge in [0.1, 0.15) is 12.6 Å². The van der Waals surface area contributed by atoms with E-state index in [0.717, 1.165) is 46.7 Å². The quantitative estimate of drug-likeness (QED) is 0.311. The van der Waals surface area contributed by atoms with Crippen molar-refractivity contribution in [3.05, 3.63) is 83.4 Å². The third-order valence-corrected chi connectivity index (χ3v) is 9.62. The number of benzene rings is 3. The largest absolute Gasteiger partial charge is 0.493 e. The van der Waals surface area contributed by atoms with Gasteiger partial charge >= 0.3 is 0 Å². The first-order valence-corrected chi connectivity index (χ1v) is 15.9. The molecule has 1 fully saturated rings. The van der Waals surface area contributed by atoms with E-state index in [-0.39, 0.29) is 29.1 Å². The molecule has 2 amide bonds. The Morgan fingerprint density at radius 2 is 1.58 bits per heavy atom. The molecule has 43 heavy (non-hydrogen) atoms. The van der Waals surface area contributed by atoms with Crippen LogP contribution in [0, 0.1) is 13.8 Å². The highest BCUT2D eigenvalue weighted by atomic mass is 32.2. The Labute approximate surface area is 254 Å². The van der Waals surface area contributed by atoms with E-state index >= 15 is 0 Å². The maximum Gasteiger partial charge on any atom is 0.264 e. The number of ether oxygens (including phenoxy) is 2. The summed E-state index contributed by atoms with van der Waals surface area (Å²) in [6.07, 6.45) is 3.94. The van der Waals surface area contributed by atoms with Gasteiger partial charge in [0, 0.05) is 18.7 Å². The van der Waals surface area contributed by atoms with Gasteiger partial charge in [-0.05, 0) is 63.4 Å². The molecule has 1 atom stereocenters. The van der Waals surface area contributed by atoms with Crippen molar-refractivity contribution in [1.82, 2.24) is 10.2 Å². The molecular weight excluding hydrogens is 566 g/mol. The molecule has 0 radical (unpaired) electrons. The van der Waals surface area contributed by atoms with Gasteiger partial charge < -0.3 is 19.7 Å². The Morgan fingerprint density at radius 3 is 2.21 bits per heavy atom. The second-order valence-electron chi connectivity index (χ2n) is 11.0. The number of hydrogen-bond donors (Lipinski definition) is 1. The number of nitrogens with zero attached hydrogens (tertiary/aromatic N) is 2. The van der Waals surface area contributed by atoms with Crippen molar-refractivity contribution in [2.45, 2.75) is 70.0 Å². The standard InChI is InChI=1S/C33H41N3O6S/c1-23-13-15-28(16-14-23)36(43(39,40)29-17-18-30(41-4)31(20-29)42-5)22-32(37)35(21-26-10-8-9-24(2)19-26)25(3)33(38)34-27-11-6-7-12-27/h8-10,13-20,25,27H,6-7,11-12,21-22H2,1-5H3,(H,34,38)/t25-/m1/s1. The van der Waals surface area contributed by atoms with E-state index in [9.17, 15) is 18.0 Å². The zero-order valence-electron chi connectivity index (χ0n) is 25.5. The number of aryl methyl sites for hydroxylation is 2. The number of nitrogens with one attached hydrogen (secondary N) is 1. The van der Waals surface area contributed by atoms with Gasteiger partial charge in [0.25, 0.3) is 10.0 Å². The minimum atomic E-state index is -4.25. The highest BCUT2D eigenvalue weighted by molar-refractivity contribution is 7.92. The van der Waals surface area contributed by atoms with Gasteiger partial charge in [-0.2, -0.15) is 0 Å². The topological polar surface area (TPSA) is 105 Å². The average molecular weight is 608 g/mol. The summed E-state index contributed by atoms with van der Waals surface area (Å²) in [5.74, 6) is -0.124. The van der Waals surface area contributed by atoms with E-state index in [2.05, 4.69) is 5.32 Å². The second-order valence-corrected chi connectivity index (χ2v) is 12.9. The number of anilines is 1. The van der Waals surface area contributed by atoms with Gasteiger partial charge in [-0.15, -0.1) is 0 Å². The molecule has 0 saturated heterocycles. The van der Waals surface area contributed by atoms with Crippen LogP contribution in [0.4, 0.5) is 5.69 Å². The number of methoxy groups -OCH3 is 2. The smallest absolute Gasteiger partial charge is 0.264 e. The summed E-state index contributed by atoms with van der Waals surface area (Å²) >= 11 is 0. The minimum Gasteiger partial charge on any atom is -0.493 e. The SMILES string of the molecule is COc1ccc(S(=O)(=O)N(CC(=O)N(Cc2cccc(C)c2)[C@H](C)C(=O)NC2CCCC2)c2ccc(C)cc2)cc1OC. The van der Waals surface area contributed by atoms with Crippen LogP contribution in [0.15, 0.2) is 71.6 Å². The molecule has 0 heterocycles.